The molecule has 260 valence electrons. The van der Waals surface area contributed by atoms with Gasteiger partial charge < -0.3 is 15.6 Å². The molecule has 1 heterocycles. The van der Waals surface area contributed by atoms with Crippen molar-refractivity contribution in [1.82, 2.24) is 10.2 Å². The first-order valence-electron chi connectivity index (χ1n) is 18.9. The van der Waals surface area contributed by atoms with Crippen LogP contribution in [0.1, 0.15) is 141 Å². The van der Waals surface area contributed by atoms with E-state index in [4.69, 9.17) is 5.41 Å². The predicted octanol–water partition coefficient (Wildman–Crippen LogP) is 9.99. The normalized spacial score (nSPS) is 18.0. The second-order valence-electron chi connectivity index (χ2n) is 14.4. The summed E-state index contributed by atoms with van der Waals surface area (Å²) in [4.78, 5) is 27.3. The van der Waals surface area contributed by atoms with Gasteiger partial charge in [0, 0.05) is 25.4 Å². The van der Waals surface area contributed by atoms with E-state index in [0.29, 0.717) is 18.1 Å². The van der Waals surface area contributed by atoms with Crippen molar-refractivity contribution in [2.75, 3.05) is 20.1 Å². The molecule has 0 atom stereocenters. The number of likely N-dealkylation sites (N-methyl/N-ethyl adjacent to an activating group) is 1. The lowest BCUT2D eigenvalue weighted by molar-refractivity contribution is -0.132. The summed E-state index contributed by atoms with van der Waals surface area (Å²) in [5.41, 5.74) is 2.21. The number of benzene rings is 2. The Morgan fingerprint density at radius 2 is 1.21 bits per heavy atom. The van der Waals surface area contributed by atoms with E-state index in [1.165, 1.54) is 88.0 Å². The van der Waals surface area contributed by atoms with E-state index in [1.54, 1.807) is 6.92 Å². The molecule has 0 aromatic heterocycles. The summed E-state index contributed by atoms with van der Waals surface area (Å²) in [7, 11) is 2.01. The molecule has 0 unspecified atom stereocenters. The minimum absolute atomic E-state index is 0.142. The van der Waals surface area contributed by atoms with Gasteiger partial charge in [-0.05, 0) is 81.7 Å². The third kappa shape index (κ3) is 12.6. The number of rotatable bonds is 11. The number of carbonyl (C=O) groups excluding carboxylic acids is 2. The Morgan fingerprint density at radius 3 is 1.57 bits per heavy atom. The molecule has 2 saturated carbocycles. The van der Waals surface area contributed by atoms with Crippen LogP contribution in [0.3, 0.4) is 0 Å². The van der Waals surface area contributed by atoms with Gasteiger partial charge in [-0.25, -0.2) is 0 Å². The minimum atomic E-state index is -0.232. The average molecular weight is 644 g/mol. The van der Waals surface area contributed by atoms with Crippen molar-refractivity contribution in [3.8, 4) is 0 Å². The van der Waals surface area contributed by atoms with Gasteiger partial charge in [0.2, 0.25) is 5.91 Å². The monoisotopic (exact) mass is 644 g/mol. The lowest BCUT2D eigenvalue weighted by Gasteiger charge is -2.39. The molecule has 1 amide bonds. The number of likely N-dealkylation sites (tertiary alicyclic amines) is 1. The maximum absolute atomic E-state index is 12.9. The summed E-state index contributed by atoms with van der Waals surface area (Å²) in [6.07, 6.45) is 21.1. The fraction of sp³-hybridized carbons (Fsp3) is 0.643. The van der Waals surface area contributed by atoms with Crippen molar-refractivity contribution in [3.05, 3.63) is 71.8 Å². The Morgan fingerprint density at radius 1 is 0.787 bits per heavy atom. The molecule has 1 saturated heterocycles. The van der Waals surface area contributed by atoms with Crippen LogP contribution in [0.5, 0.6) is 0 Å². The van der Waals surface area contributed by atoms with Gasteiger partial charge in [-0.1, -0.05) is 138 Å². The lowest BCUT2D eigenvalue weighted by atomic mass is 9.71. The van der Waals surface area contributed by atoms with Crippen LogP contribution in [0.15, 0.2) is 60.7 Å². The molecule has 3 fully saturated rings. The largest absolute Gasteiger partial charge is 0.343 e. The van der Waals surface area contributed by atoms with E-state index < -0.39 is 0 Å². The zero-order valence-corrected chi connectivity index (χ0v) is 30.2. The number of ketones is 1. The number of nitrogens with zero attached hydrogens (tertiary/aromatic N) is 1. The second kappa shape index (κ2) is 21.2. The molecule has 5 heteroatoms. The standard InChI is InChI=1S/C22H27NO.C18H33NO.C2H5N/c1-2-18-13-15-23(16-14-18)22(24)17-21(19-9-5-3-6-10-19)20-11-7-4-8-12-20;1-15(20)18(19-2,13-16-9-5-3-6-10-16)14-17-11-7-4-8-12-17;1-2-3/h3-12,18,21H,2,13-17H2,1H3;16-17,19H,3-14H2,1-2H3;2-3H,1H3. The summed E-state index contributed by atoms with van der Waals surface area (Å²) in [6, 6.07) is 20.8. The predicted molar refractivity (Wildman–Crippen MR) is 198 cm³/mol. The minimum Gasteiger partial charge on any atom is -0.343 e. The molecule has 5 rings (SSSR count). The zero-order valence-electron chi connectivity index (χ0n) is 30.2. The molecule has 2 aliphatic carbocycles. The highest BCUT2D eigenvalue weighted by molar-refractivity contribution is 5.86. The summed E-state index contributed by atoms with van der Waals surface area (Å²) in [5.74, 6) is 3.14. The smallest absolute Gasteiger partial charge is 0.223 e. The molecule has 3 aliphatic rings. The Labute approximate surface area is 287 Å². The molecular formula is C42H65N3O2. The summed E-state index contributed by atoms with van der Waals surface area (Å²) in [5, 5.41) is 9.54. The van der Waals surface area contributed by atoms with Crippen LogP contribution in [0.2, 0.25) is 0 Å². The second-order valence-corrected chi connectivity index (χ2v) is 14.4. The number of carbonyl (C=O) groups is 2. The van der Waals surface area contributed by atoms with Crippen LogP contribution < -0.4 is 5.32 Å². The summed E-state index contributed by atoms with van der Waals surface area (Å²) >= 11 is 0. The first-order chi connectivity index (χ1) is 22.9. The van der Waals surface area contributed by atoms with E-state index in [0.717, 1.165) is 56.5 Å². The first-order valence-corrected chi connectivity index (χ1v) is 18.9. The maximum Gasteiger partial charge on any atom is 0.223 e. The first kappa shape index (κ1) is 38.7. The van der Waals surface area contributed by atoms with Crippen LogP contribution in [-0.4, -0.2) is 48.5 Å². The van der Waals surface area contributed by atoms with Gasteiger partial charge >= 0.3 is 0 Å². The van der Waals surface area contributed by atoms with E-state index in [9.17, 15) is 9.59 Å². The van der Waals surface area contributed by atoms with Gasteiger partial charge in [-0.3, -0.25) is 9.59 Å². The summed E-state index contributed by atoms with van der Waals surface area (Å²) in [6.45, 7) is 7.58. The lowest BCUT2D eigenvalue weighted by Crippen LogP contribution is -2.52. The zero-order chi connectivity index (χ0) is 33.9. The number of amides is 1. The summed E-state index contributed by atoms with van der Waals surface area (Å²) < 4.78 is 0. The van der Waals surface area contributed by atoms with Gasteiger partial charge in [0.25, 0.3) is 0 Å². The molecule has 0 spiro atoms. The van der Waals surface area contributed by atoms with Crippen LogP contribution in [0.4, 0.5) is 0 Å². The topological polar surface area (TPSA) is 73.3 Å². The molecule has 2 aromatic rings. The SMILES string of the molecule is CC=N.CCC1CCN(C(=O)CC(c2ccccc2)c2ccccc2)CC1.CNC(CC1CCCCC1)(CC1CCCCC1)C(C)=O. The van der Waals surface area contributed by atoms with Gasteiger partial charge in [0.15, 0.2) is 0 Å². The molecule has 1 aliphatic heterocycles. The van der Waals surface area contributed by atoms with Crippen LogP contribution in [0, 0.1) is 23.2 Å². The van der Waals surface area contributed by atoms with Crippen molar-refractivity contribution < 1.29 is 9.59 Å². The quantitative estimate of drug-likeness (QED) is 0.239. The van der Waals surface area contributed by atoms with Gasteiger partial charge in [-0.2, -0.15) is 0 Å². The fourth-order valence-corrected chi connectivity index (χ4v) is 8.21. The Hall–Kier alpha value is -2.79. The Kier molecular flexibility index (Phi) is 17.5. The van der Waals surface area contributed by atoms with Gasteiger partial charge in [0.05, 0.1) is 5.54 Å². The molecule has 2 N–H and O–H groups in total. The molecule has 0 radical (unpaired) electrons. The number of hydrogen-bond donors (Lipinski definition) is 2. The molecule has 2 aromatic carbocycles. The van der Waals surface area contributed by atoms with Crippen molar-refractivity contribution >= 4 is 17.9 Å². The Bertz CT molecular complexity index is 1090. The molecular weight excluding hydrogens is 578 g/mol. The molecule has 0 bridgehead atoms. The molecule has 47 heavy (non-hydrogen) atoms. The molecule has 5 nitrogen and oxygen atoms in total. The van der Waals surface area contributed by atoms with Crippen LogP contribution >= 0.6 is 0 Å². The maximum atomic E-state index is 12.9. The van der Waals surface area contributed by atoms with Gasteiger partial charge in [0.1, 0.15) is 5.78 Å². The van der Waals surface area contributed by atoms with E-state index in [2.05, 4.69) is 65.7 Å². The fourth-order valence-electron chi connectivity index (χ4n) is 8.21. The highest BCUT2D eigenvalue weighted by Gasteiger charge is 2.38. The third-order valence-electron chi connectivity index (χ3n) is 11.2. The number of hydrogen-bond acceptors (Lipinski definition) is 4. The van der Waals surface area contributed by atoms with Gasteiger partial charge in [-0.15, -0.1) is 0 Å². The van der Waals surface area contributed by atoms with Crippen molar-refractivity contribution in [3.63, 3.8) is 0 Å². The Balaban J connectivity index is 0.000000239. The number of Topliss-reactive ketones (excluding diaryl/α,β-unsaturated/α-hetero) is 1. The van der Waals surface area contributed by atoms with Crippen molar-refractivity contribution in [2.24, 2.45) is 17.8 Å². The average Bonchev–Trinajstić information content (AvgIpc) is 3.12. The van der Waals surface area contributed by atoms with Crippen LogP contribution in [-0.2, 0) is 9.59 Å². The van der Waals surface area contributed by atoms with E-state index in [1.807, 2.05) is 26.1 Å². The number of piperidine rings is 1. The van der Waals surface area contributed by atoms with Crippen LogP contribution in [0.25, 0.3) is 0 Å². The number of nitrogens with one attached hydrogen (secondary N) is 2. The van der Waals surface area contributed by atoms with Crippen molar-refractivity contribution in [2.45, 2.75) is 135 Å². The van der Waals surface area contributed by atoms with E-state index in [-0.39, 0.29) is 11.5 Å². The van der Waals surface area contributed by atoms with E-state index >= 15 is 0 Å². The van der Waals surface area contributed by atoms with Crippen molar-refractivity contribution in [1.29, 1.82) is 5.41 Å². The highest BCUT2D eigenvalue weighted by atomic mass is 16.2. The highest BCUT2D eigenvalue weighted by Crippen LogP contribution is 2.37. The third-order valence-corrected chi connectivity index (χ3v) is 11.2.